The van der Waals surface area contributed by atoms with Gasteiger partial charge in [-0.25, -0.2) is 4.79 Å². The number of urea groups is 1. The van der Waals surface area contributed by atoms with Crippen molar-refractivity contribution < 1.29 is 14.7 Å². The van der Waals surface area contributed by atoms with Crippen LogP contribution >= 0.6 is 0 Å². The lowest BCUT2D eigenvalue weighted by atomic mass is 9.78. The Morgan fingerprint density at radius 3 is 2.65 bits per heavy atom. The molecule has 112 valence electrons. The molecule has 0 spiro atoms. The average molecular weight is 280 g/mol. The minimum absolute atomic E-state index is 0.135. The van der Waals surface area contributed by atoms with Crippen molar-refractivity contribution in [1.29, 1.82) is 0 Å². The zero-order valence-corrected chi connectivity index (χ0v) is 12.0. The van der Waals surface area contributed by atoms with Gasteiger partial charge in [0.1, 0.15) is 6.54 Å². The fourth-order valence-corrected chi connectivity index (χ4v) is 3.57. The Hall–Kier alpha value is -1.52. The number of carbonyl (C=O) groups excluding carboxylic acids is 1. The highest BCUT2D eigenvalue weighted by Crippen LogP contribution is 2.35. The standard InChI is InChI=1S/C15H24N2O3/c1-2-9-16(11-14(18)19)15(20)17-10-5-7-12-6-3-4-8-13(12)17/h2,12-13H,1,3-11H2,(H,18,19). The number of carboxylic acid groups (broad SMARTS) is 1. The number of fused-ring (bicyclic) bond motifs is 1. The number of nitrogens with zero attached hydrogens (tertiary/aromatic N) is 2. The van der Waals surface area contributed by atoms with Crippen molar-refractivity contribution in [2.45, 2.75) is 44.6 Å². The Morgan fingerprint density at radius 2 is 1.95 bits per heavy atom. The summed E-state index contributed by atoms with van der Waals surface area (Å²) >= 11 is 0. The maximum atomic E-state index is 12.6. The molecule has 1 saturated carbocycles. The van der Waals surface area contributed by atoms with Gasteiger partial charge in [0.15, 0.2) is 0 Å². The van der Waals surface area contributed by atoms with Crippen molar-refractivity contribution in [3.05, 3.63) is 12.7 Å². The van der Waals surface area contributed by atoms with Gasteiger partial charge in [0, 0.05) is 19.1 Å². The summed E-state index contributed by atoms with van der Waals surface area (Å²) in [5.41, 5.74) is 0. The Labute approximate surface area is 120 Å². The van der Waals surface area contributed by atoms with Crippen LogP contribution in [-0.2, 0) is 4.79 Å². The Bertz CT molecular complexity index is 381. The Balaban J connectivity index is 2.07. The van der Waals surface area contributed by atoms with Gasteiger partial charge in [0.2, 0.25) is 0 Å². The third-order valence-corrected chi connectivity index (χ3v) is 4.44. The summed E-state index contributed by atoms with van der Waals surface area (Å²) in [6.45, 7) is 4.41. The molecule has 20 heavy (non-hydrogen) atoms. The quantitative estimate of drug-likeness (QED) is 0.804. The first-order valence-corrected chi connectivity index (χ1v) is 7.51. The van der Waals surface area contributed by atoms with E-state index in [-0.39, 0.29) is 12.6 Å². The van der Waals surface area contributed by atoms with Gasteiger partial charge in [0.25, 0.3) is 0 Å². The van der Waals surface area contributed by atoms with Crippen molar-refractivity contribution >= 4 is 12.0 Å². The number of rotatable bonds is 4. The number of hydrogen-bond donors (Lipinski definition) is 1. The highest BCUT2D eigenvalue weighted by atomic mass is 16.4. The van der Waals surface area contributed by atoms with E-state index in [0.29, 0.717) is 18.5 Å². The van der Waals surface area contributed by atoms with E-state index in [1.165, 1.54) is 30.6 Å². The summed E-state index contributed by atoms with van der Waals surface area (Å²) in [5.74, 6) is -0.366. The number of carboxylic acids is 1. The predicted molar refractivity (Wildman–Crippen MR) is 76.5 cm³/mol. The van der Waals surface area contributed by atoms with E-state index in [1.54, 1.807) is 6.08 Å². The number of amides is 2. The SMILES string of the molecule is C=CCN(CC(=O)O)C(=O)N1CCCC2CCCCC21. The molecule has 5 heteroatoms. The molecule has 1 heterocycles. The second-order valence-corrected chi connectivity index (χ2v) is 5.79. The van der Waals surface area contributed by atoms with Crippen molar-refractivity contribution in [2.24, 2.45) is 5.92 Å². The molecule has 2 aliphatic rings. The molecule has 5 nitrogen and oxygen atoms in total. The minimum atomic E-state index is -0.975. The molecule has 0 aromatic rings. The first-order valence-electron chi connectivity index (χ1n) is 7.51. The molecule has 0 aromatic heterocycles. The summed E-state index contributed by atoms with van der Waals surface area (Å²) in [5, 5.41) is 8.94. The zero-order valence-electron chi connectivity index (χ0n) is 12.0. The van der Waals surface area contributed by atoms with Gasteiger partial charge < -0.3 is 14.9 Å². The molecular formula is C15H24N2O3. The van der Waals surface area contributed by atoms with E-state index in [2.05, 4.69) is 6.58 Å². The maximum Gasteiger partial charge on any atom is 0.323 e. The lowest BCUT2D eigenvalue weighted by Gasteiger charge is -2.45. The molecule has 2 unspecified atom stereocenters. The second-order valence-electron chi connectivity index (χ2n) is 5.79. The number of carbonyl (C=O) groups is 2. The van der Waals surface area contributed by atoms with Gasteiger partial charge in [-0.15, -0.1) is 6.58 Å². The van der Waals surface area contributed by atoms with E-state index >= 15 is 0 Å². The van der Waals surface area contributed by atoms with E-state index in [4.69, 9.17) is 5.11 Å². The molecule has 1 saturated heterocycles. The zero-order chi connectivity index (χ0) is 14.5. The molecule has 2 atom stereocenters. The van der Waals surface area contributed by atoms with Crippen LogP contribution < -0.4 is 0 Å². The van der Waals surface area contributed by atoms with Gasteiger partial charge in [0.05, 0.1) is 0 Å². The van der Waals surface area contributed by atoms with Crippen molar-refractivity contribution in [3.63, 3.8) is 0 Å². The van der Waals surface area contributed by atoms with Crippen LogP contribution in [0.5, 0.6) is 0 Å². The molecule has 0 aromatic carbocycles. The molecule has 1 N–H and O–H groups in total. The number of hydrogen-bond acceptors (Lipinski definition) is 2. The molecule has 2 fully saturated rings. The number of likely N-dealkylation sites (tertiary alicyclic amines) is 1. The van der Waals surface area contributed by atoms with Crippen LogP contribution in [0.2, 0.25) is 0 Å². The van der Waals surface area contributed by atoms with E-state index in [0.717, 1.165) is 19.4 Å². The lowest BCUT2D eigenvalue weighted by Crippen LogP contribution is -2.55. The fraction of sp³-hybridized carbons (Fsp3) is 0.733. The molecule has 0 bridgehead atoms. The topological polar surface area (TPSA) is 60.9 Å². The smallest absolute Gasteiger partial charge is 0.323 e. The normalized spacial score (nSPS) is 25.7. The number of aliphatic carboxylic acids is 1. The van der Waals surface area contributed by atoms with E-state index in [9.17, 15) is 9.59 Å². The van der Waals surface area contributed by atoms with Crippen LogP contribution in [0.1, 0.15) is 38.5 Å². The maximum absolute atomic E-state index is 12.6. The van der Waals surface area contributed by atoms with E-state index in [1.807, 2.05) is 4.90 Å². The fourth-order valence-electron chi connectivity index (χ4n) is 3.57. The first kappa shape index (κ1) is 14.9. The monoisotopic (exact) mass is 280 g/mol. The van der Waals surface area contributed by atoms with Gasteiger partial charge in [-0.2, -0.15) is 0 Å². The third-order valence-electron chi connectivity index (χ3n) is 4.44. The number of piperidine rings is 1. The van der Waals surface area contributed by atoms with Crippen LogP contribution in [-0.4, -0.2) is 52.6 Å². The molecule has 2 amide bonds. The summed E-state index contributed by atoms with van der Waals surface area (Å²) in [6.07, 6.45) is 8.51. The molecule has 1 aliphatic heterocycles. The summed E-state index contributed by atoms with van der Waals surface area (Å²) < 4.78 is 0. The Morgan fingerprint density at radius 1 is 1.25 bits per heavy atom. The van der Waals surface area contributed by atoms with Crippen molar-refractivity contribution in [3.8, 4) is 0 Å². The van der Waals surface area contributed by atoms with E-state index < -0.39 is 5.97 Å². The van der Waals surface area contributed by atoms with Crippen LogP contribution in [0.4, 0.5) is 4.79 Å². The molecule has 1 aliphatic carbocycles. The largest absolute Gasteiger partial charge is 0.480 e. The summed E-state index contributed by atoms with van der Waals surface area (Å²) in [6, 6.07) is 0.176. The third kappa shape index (κ3) is 3.32. The van der Waals surface area contributed by atoms with Gasteiger partial charge in [-0.05, 0) is 31.6 Å². The second kappa shape index (κ2) is 6.77. The van der Waals surface area contributed by atoms with Gasteiger partial charge >= 0.3 is 12.0 Å². The van der Waals surface area contributed by atoms with Crippen molar-refractivity contribution in [2.75, 3.05) is 19.6 Å². The lowest BCUT2D eigenvalue weighted by molar-refractivity contribution is -0.137. The molecule has 2 rings (SSSR count). The van der Waals surface area contributed by atoms with Crippen LogP contribution in [0, 0.1) is 5.92 Å². The van der Waals surface area contributed by atoms with Gasteiger partial charge in [-0.3, -0.25) is 4.79 Å². The van der Waals surface area contributed by atoms with Crippen LogP contribution in [0.3, 0.4) is 0 Å². The predicted octanol–water partition coefficient (Wildman–Crippen LogP) is 2.33. The molecule has 0 radical (unpaired) electrons. The summed E-state index contributed by atoms with van der Waals surface area (Å²) in [7, 11) is 0. The van der Waals surface area contributed by atoms with Crippen LogP contribution in [0.15, 0.2) is 12.7 Å². The highest BCUT2D eigenvalue weighted by molar-refractivity contribution is 5.80. The van der Waals surface area contributed by atoms with Gasteiger partial charge in [-0.1, -0.05) is 18.9 Å². The Kier molecular flexibility index (Phi) is 5.04. The highest BCUT2D eigenvalue weighted by Gasteiger charge is 2.37. The average Bonchev–Trinajstić information content (AvgIpc) is 2.45. The molecular weight excluding hydrogens is 256 g/mol. The van der Waals surface area contributed by atoms with Crippen molar-refractivity contribution in [1.82, 2.24) is 9.80 Å². The minimum Gasteiger partial charge on any atom is -0.480 e. The van der Waals surface area contributed by atoms with Crippen LogP contribution in [0.25, 0.3) is 0 Å². The first-order chi connectivity index (χ1) is 9.63. The summed E-state index contributed by atoms with van der Waals surface area (Å²) in [4.78, 5) is 26.8.